The molecule has 30 heavy (non-hydrogen) atoms. The van der Waals surface area contributed by atoms with E-state index in [1.165, 1.54) is 12.1 Å². The van der Waals surface area contributed by atoms with Crippen LogP contribution in [0.25, 0.3) is 0 Å². The molecular weight excluding hydrogens is 385 g/mol. The number of nitrogens with zero attached hydrogens (tertiary/aromatic N) is 1. The number of benzene rings is 2. The smallest absolute Gasteiger partial charge is 0.229 e. The van der Waals surface area contributed by atoms with Crippen LogP contribution in [0.15, 0.2) is 49.1 Å². The van der Waals surface area contributed by atoms with Gasteiger partial charge in [-0.3, -0.25) is 4.79 Å². The zero-order valence-corrected chi connectivity index (χ0v) is 17.7. The van der Waals surface area contributed by atoms with Gasteiger partial charge >= 0.3 is 0 Å². The minimum atomic E-state index is -0.555. The van der Waals surface area contributed by atoms with Gasteiger partial charge in [0, 0.05) is 13.1 Å². The molecule has 0 spiro atoms. The number of allylic oxidation sites excluding steroid dienone is 1. The number of halogens is 1. The predicted molar refractivity (Wildman–Crippen MR) is 113 cm³/mol. The summed E-state index contributed by atoms with van der Waals surface area (Å²) in [6.07, 6.45) is 3.66. The molecule has 160 valence electrons. The highest BCUT2D eigenvalue weighted by Gasteiger charge is 2.45. The molecule has 6 heteroatoms. The first-order valence-corrected chi connectivity index (χ1v) is 9.90. The molecule has 1 unspecified atom stereocenters. The largest absolute Gasteiger partial charge is 0.493 e. The van der Waals surface area contributed by atoms with Crippen molar-refractivity contribution in [2.24, 2.45) is 5.41 Å². The van der Waals surface area contributed by atoms with Gasteiger partial charge in [-0.1, -0.05) is 18.2 Å². The average molecular weight is 413 g/mol. The number of carbonyl (C=O) groups is 1. The van der Waals surface area contributed by atoms with Crippen molar-refractivity contribution in [3.63, 3.8) is 0 Å². The third-order valence-corrected chi connectivity index (χ3v) is 5.69. The minimum Gasteiger partial charge on any atom is -0.493 e. The van der Waals surface area contributed by atoms with Crippen molar-refractivity contribution in [3.8, 4) is 17.2 Å². The lowest BCUT2D eigenvalue weighted by molar-refractivity contribution is -0.136. The van der Waals surface area contributed by atoms with E-state index in [4.69, 9.17) is 14.2 Å². The van der Waals surface area contributed by atoms with Gasteiger partial charge in [0.2, 0.25) is 11.7 Å². The fraction of sp³-hybridized carbons (Fsp3) is 0.375. The Morgan fingerprint density at radius 2 is 1.70 bits per heavy atom. The van der Waals surface area contributed by atoms with E-state index < -0.39 is 5.41 Å². The number of hydrogen-bond acceptors (Lipinski definition) is 4. The van der Waals surface area contributed by atoms with Crippen molar-refractivity contribution in [2.45, 2.75) is 25.8 Å². The van der Waals surface area contributed by atoms with Gasteiger partial charge in [0.1, 0.15) is 5.82 Å². The monoisotopic (exact) mass is 413 g/mol. The summed E-state index contributed by atoms with van der Waals surface area (Å²) in [6, 6.07) is 10.1. The molecule has 3 rings (SSSR count). The molecular formula is C24H28FNO4. The van der Waals surface area contributed by atoms with Gasteiger partial charge in [0.05, 0.1) is 26.7 Å². The number of hydrogen-bond donors (Lipinski definition) is 0. The highest BCUT2D eigenvalue weighted by Crippen LogP contribution is 2.42. The van der Waals surface area contributed by atoms with Crippen molar-refractivity contribution < 1.29 is 23.4 Å². The molecule has 0 N–H and O–H groups in total. The number of methoxy groups -OCH3 is 3. The van der Waals surface area contributed by atoms with Gasteiger partial charge in [0.25, 0.3) is 0 Å². The summed E-state index contributed by atoms with van der Waals surface area (Å²) in [5.41, 5.74) is 1.29. The minimum absolute atomic E-state index is 0.0838. The molecule has 1 heterocycles. The zero-order valence-electron chi connectivity index (χ0n) is 17.7. The van der Waals surface area contributed by atoms with Crippen molar-refractivity contribution >= 4 is 5.91 Å². The van der Waals surface area contributed by atoms with Crippen molar-refractivity contribution in [2.75, 3.05) is 27.9 Å². The first kappa shape index (κ1) is 21.7. The van der Waals surface area contributed by atoms with Crippen LogP contribution in [0.4, 0.5) is 4.39 Å². The lowest BCUT2D eigenvalue weighted by atomic mass is 9.77. The summed E-state index contributed by atoms with van der Waals surface area (Å²) < 4.78 is 29.5. The molecule has 1 amide bonds. The summed E-state index contributed by atoms with van der Waals surface area (Å²) in [7, 11) is 4.70. The van der Waals surface area contributed by atoms with Crippen molar-refractivity contribution in [1.82, 2.24) is 4.90 Å². The number of likely N-dealkylation sites (tertiary alicyclic amines) is 1. The third-order valence-electron chi connectivity index (χ3n) is 5.69. The fourth-order valence-electron chi connectivity index (χ4n) is 4.19. The van der Waals surface area contributed by atoms with Gasteiger partial charge in [-0.05, 0) is 54.7 Å². The van der Waals surface area contributed by atoms with E-state index in [-0.39, 0.29) is 11.7 Å². The Bertz CT molecular complexity index is 887. The number of amides is 1. The van der Waals surface area contributed by atoms with Crippen LogP contribution >= 0.6 is 0 Å². The molecule has 2 aromatic carbocycles. The van der Waals surface area contributed by atoms with Crippen molar-refractivity contribution in [1.29, 1.82) is 0 Å². The van der Waals surface area contributed by atoms with Gasteiger partial charge < -0.3 is 19.1 Å². The van der Waals surface area contributed by atoms with E-state index in [1.807, 2.05) is 17.0 Å². The topological polar surface area (TPSA) is 48.0 Å². The maximum atomic E-state index is 13.4. The van der Waals surface area contributed by atoms with Crippen LogP contribution in [0.3, 0.4) is 0 Å². The molecule has 0 aliphatic carbocycles. The molecule has 5 nitrogen and oxygen atoms in total. The Hall–Kier alpha value is -3.02. The second-order valence-corrected chi connectivity index (χ2v) is 7.59. The van der Waals surface area contributed by atoms with Crippen LogP contribution in [0.5, 0.6) is 17.2 Å². The maximum absolute atomic E-state index is 13.4. The lowest BCUT2D eigenvalue weighted by Gasteiger charge is -2.27. The lowest BCUT2D eigenvalue weighted by Crippen LogP contribution is -2.35. The Balaban J connectivity index is 1.84. The number of rotatable bonds is 9. The average Bonchev–Trinajstić information content (AvgIpc) is 3.04. The highest BCUT2D eigenvalue weighted by molar-refractivity contribution is 5.85. The first-order valence-electron chi connectivity index (χ1n) is 9.90. The van der Waals surface area contributed by atoms with Crippen molar-refractivity contribution in [3.05, 3.63) is 66.0 Å². The van der Waals surface area contributed by atoms with Crippen LogP contribution in [-0.2, 0) is 17.8 Å². The maximum Gasteiger partial charge on any atom is 0.229 e. The molecule has 0 saturated carbocycles. The Morgan fingerprint density at radius 3 is 2.23 bits per heavy atom. The van der Waals surface area contributed by atoms with E-state index >= 15 is 0 Å². The van der Waals surface area contributed by atoms with Crippen LogP contribution in [0.1, 0.15) is 24.0 Å². The second-order valence-electron chi connectivity index (χ2n) is 7.59. The standard InChI is InChI=1S/C24H28FNO4/c1-5-10-24(15-17-6-8-19(25)9-7-17)11-12-26(23(24)27)16-18-13-20(28-2)22(30-4)21(14-18)29-3/h5-9,13-14H,1,10-12,15-16H2,2-4H3. The Kier molecular flexibility index (Phi) is 6.65. The van der Waals surface area contributed by atoms with E-state index in [0.717, 1.165) is 17.5 Å². The Morgan fingerprint density at radius 1 is 1.07 bits per heavy atom. The first-order chi connectivity index (χ1) is 14.5. The summed E-state index contributed by atoms with van der Waals surface area (Å²) in [5.74, 6) is 1.44. The zero-order chi connectivity index (χ0) is 21.7. The number of carbonyl (C=O) groups excluding carboxylic acids is 1. The molecule has 2 aromatic rings. The molecule has 1 atom stereocenters. The van der Waals surface area contributed by atoms with Crippen LogP contribution in [-0.4, -0.2) is 38.7 Å². The summed E-state index contributed by atoms with van der Waals surface area (Å²) in [4.78, 5) is 15.3. The molecule has 1 fully saturated rings. The van der Waals surface area contributed by atoms with Gasteiger partial charge in [-0.25, -0.2) is 4.39 Å². The quantitative estimate of drug-likeness (QED) is 0.572. The summed E-state index contributed by atoms with van der Waals surface area (Å²) in [5, 5.41) is 0. The van der Waals surface area contributed by atoms with E-state index in [2.05, 4.69) is 6.58 Å². The summed E-state index contributed by atoms with van der Waals surface area (Å²) >= 11 is 0. The molecule has 1 saturated heterocycles. The molecule has 0 bridgehead atoms. The van der Waals surface area contributed by atoms with Gasteiger partial charge in [-0.15, -0.1) is 6.58 Å². The normalized spacial score (nSPS) is 18.4. The van der Waals surface area contributed by atoms with Gasteiger partial charge in [-0.2, -0.15) is 0 Å². The van der Waals surface area contributed by atoms with E-state index in [1.54, 1.807) is 39.5 Å². The second kappa shape index (κ2) is 9.20. The molecule has 0 radical (unpaired) electrons. The third kappa shape index (κ3) is 4.27. The SMILES string of the molecule is C=CCC1(Cc2ccc(F)cc2)CCN(Cc2cc(OC)c(OC)c(OC)c2)C1=O. The van der Waals surface area contributed by atoms with Crippen LogP contribution < -0.4 is 14.2 Å². The molecule has 0 aromatic heterocycles. The van der Waals surface area contributed by atoms with E-state index in [9.17, 15) is 9.18 Å². The highest BCUT2D eigenvalue weighted by atomic mass is 19.1. The fourth-order valence-corrected chi connectivity index (χ4v) is 4.19. The van der Waals surface area contributed by atoms with Crippen LogP contribution in [0.2, 0.25) is 0 Å². The Labute approximate surface area is 177 Å². The molecule has 1 aliphatic heterocycles. The number of ether oxygens (including phenoxy) is 3. The molecule has 1 aliphatic rings. The summed E-state index contributed by atoms with van der Waals surface area (Å²) in [6.45, 7) is 4.94. The van der Waals surface area contributed by atoms with Crippen LogP contribution in [0, 0.1) is 11.2 Å². The van der Waals surface area contributed by atoms with E-state index in [0.29, 0.717) is 43.2 Å². The predicted octanol–water partition coefficient (Wildman–Crippen LogP) is 4.39. The van der Waals surface area contributed by atoms with Gasteiger partial charge in [0.15, 0.2) is 11.5 Å².